The molecule has 0 aliphatic carbocycles. The fourth-order valence-corrected chi connectivity index (χ4v) is 4.67. The highest BCUT2D eigenvalue weighted by Gasteiger charge is 2.36. The molecule has 0 aromatic carbocycles. The number of unbranched alkanes of at least 4 members (excludes halogenated alkanes) is 9. The van der Waals surface area contributed by atoms with Crippen LogP contribution in [0.25, 0.3) is 0 Å². The van der Waals surface area contributed by atoms with E-state index in [-0.39, 0.29) is 6.42 Å². The first-order valence-corrected chi connectivity index (χ1v) is 11.7. The lowest BCUT2D eigenvalue weighted by atomic mass is 9.80. The lowest BCUT2D eigenvalue weighted by molar-refractivity contribution is -0.148. The number of rotatable bonds is 19. The maximum Gasteiger partial charge on any atom is 0.310 e. The van der Waals surface area contributed by atoms with E-state index < -0.39 is 17.4 Å². The molecule has 0 aromatic heterocycles. The topological polar surface area (TPSA) is 74.6 Å². The Kier molecular flexibility index (Phi) is 16.0. The molecule has 0 aliphatic heterocycles. The normalized spacial score (nSPS) is 13.5. The van der Waals surface area contributed by atoms with Crippen molar-refractivity contribution in [1.82, 2.24) is 0 Å². The molecule has 154 valence electrons. The Hall–Kier alpha value is -0.710. The molecule has 0 rings (SSSR count). The van der Waals surface area contributed by atoms with Crippen LogP contribution in [0.15, 0.2) is 0 Å². The highest BCUT2D eigenvalue weighted by atomic mass is 32.2. The van der Waals surface area contributed by atoms with Crippen LogP contribution in [-0.2, 0) is 9.59 Å². The molecule has 0 aromatic rings. The van der Waals surface area contributed by atoms with E-state index >= 15 is 0 Å². The summed E-state index contributed by atoms with van der Waals surface area (Å²) in [5.74, 6) is -0.505. The summed E-state index contributed by atoms with van der Waals surface area (Å²) < 4.78 is 0. The Balaban J connectivity index is 4.06. The maximum atomic E-state index is 11.9. The Morgan fingerprint density at radius 3 is 1.77 bits per heavy atom. The van der Waals surface area contributed by atoms with Gasteiger partial charge in [-0.05, 0) is 12.8 Å². The van der Waals surface area contributed by atoms with Crippen LogP contribution < -0.4 is 0 Å². The zero-order valence-corrected chi connectivity index (χ0v) is 17.7. The summed E-state index contributed by atoms with van der Waals surface area (Å²) in [6, 6.07) is 0. The van der Waals surface area contributed by atoms with Gasteiger partial charge in [-0.1, -0.05) is 84.5 Å². The molecule has 0 radical (unpaired) electrons. The molecule has 0 fully saturated rings. The van der Waals surface area contributed by atoms with Crippen molar-refractivity contribution in [2.75, 3.05) is 11.5 Å². The summed E-state index contributed by atoms with van der Waals surface area (Å²) in [5, 5.41) is 18.5. The number of carboxylic acids is 2. The minimum atomic E-state index is -0.816. The van der Waals surface area contributed by atoms with Crippen LogP contribution in [-0.4, -0.2) is 33.7 Å². The molecule has 0 amide bonds. The molecule has 1 atom stereocenters. The number of aliphatic carboxylic acids is 2. The van der Waals surface area contributed by atoms with Crippen molar-refractivity contribution in [2.24, 2.45) is 5.41 Å². The summed E-state index contributed by atoms with van der Waals surface area (Å²) in [4.78, 5) is 22.5. The minimum Gasteiger partial charge on any atom is -0.481 e. The van der Waals surface area contributed by atoms with Gasteiger partial charge in [0.1, 0.15) is 0 Å². The third-order valence-corrected chi connectivity index (χ3v) is 6.28. The number of hydrogen-bond acceptors (Lipinski definition) is 3. The van der Waals surface area contributed by atoms with Crippen LogP contribution in [0.4, 0.5) is 0 Å². The lowest BCUT2D eigenvalue weighted by Gasteiger charge is -2.29. The van der Waals surface area contributed by atoms with Crippen molar-refractivity contribution in [3.8, 4) is 0 Å². The third kappa shape index (κ3) is 12.6. The van der Waals surface area contributed by atoms with Gasteiger partial charge in [0.15, 0.2) is 0 Å². The molecule has 5 heteroatoms. The lowest BCUT2D eigenvalue weighted by Crippen LogP contribution is -2.34. The monoisotopic (exact) mass is 388 g/mol. The molecular weight excluding hydrogens is 348 g/mol. The van der Waals surface area contributed by atoms with Crippen LogP contribution in [0, 0.1) is 5.41 Å². The van der Waals surface area contributed by atoms with E-state index in [2.05, 4.69) is 6.92 Å². The van der Waals surface area contributed by atoms with Gasteiger partial charge < -0.3 is 10.2 Å². The molecule has 1 unspecified atom stereocenters. The molecule has 4 nitrogen and oxygen atoms in total. The average Bonchev–Trinajstić information content (AvgIpc) is 2.59. The quantitative estimate of drug-likeness (QED) is 0.251. The number of carboxylic acid groups (broad SMARTS) is 2. The van der Waals surface area contributed by atoms with E-state index in [0.29, 0.717) is 24.3 Å². The molecule has 0 spiro atoms. The third-order valence-electron chi connectivity index (χ3n) is 5.03. The smallest absolute Gasteiger partial charge is 0.310 e. The predicted molar refractivity (Wildman–Crippen MR) is 111 cm³/mol. The van der Waals surface area contributed by atoms with Gasteiger partial charge in [-0.2, -0.15) is 11.8 Å². The fourth-order valence-electron chi connectivity index (χ4n) is 3.40. The summed E-state index contributed by atoms with van der Waals surface area (Å²) >= 11 is 1.48. The van der Waals surface area contributed by atoms with Gasteiger partial charge in [-0.15, -0.1) is 0 Å². The van der Waals surface area contributed by atoms with Crippen LogP contribution in [0.1, 0.15) is 104 Å². The van der Waals surface area contributed by atoms with Crippen LogP contribution >= 0.6 is 11.8 Å². The number of thioether (sulfide) groups is 1. The number of hydrogen-bond donors (Lipinski definition) is 2. The molecule has 26 heavy (non-hydrogen) atoms. The summed E-state index contributed by atoms with van der Waals surface area (Å²) in [6.07, 6.45) is 14.8. The van der Waals surface area contributed by atoms with Crippen molar-refractivity contribution < 1.29 is 19.8 Å². The largest absolute Gasteiger partial charge is 0.481 e. The molecular formula is C21H40O4S. The van der Waals surface area contributed by atoms with Crippen LogP contribution in [0.2, 0.25) is 0 Å². The summed E-state index contributed by atoms with van der Waals surface area (Å²) in [6.45, 7) is 4.26. The fraction of sp³-hybridized carbons (Fsp3) is 0.905. The molecule has 0 saturated heterocycles. The Labute approximate surface area is 164 Å². The first kappa shape index (κ1) is 25.3. The van der Waals surface area contributed by atoms with Crippen molar-refractivity contribution in [3.05, 3.63) is 0 Å². The van der Waals surface area contributed by atoms with Gasteiger partial charge in [-0.25, -0.2) is 0 Å². The Bertz CT molecular complexity index is 373. The molecule has 0 saturated carbocycles. The highest BCUT2D eigenvalue weighted by molar-refractivity contribution is 7.99. The van der Waals surface area contributed by atoms with E-state index in [1.165, 1.54) is 63.1 Å². The molecule has 0 bridgehead atoms. The SMILES string of the molecule is CCCCCCCCCCCCC(CCC)(CSCCC(=O)O)C(=O)O. The highest BCUT2D eigenvalue weighted by Crippen LogP contribution is 2.35. The second-order valence-corrected chi connectivity index (χ2v) is 8.57. The van der Waals surface area contributed by atoms with Crippen LogP contribution in [0.5, 0.6) is 0 Å². The summed E-state index contributed by atoms with van der Waals surface area (Å²) in [7, 11) is 0. The van der Waals surface area contributed by atoms with Gasteiger partial charge >= 0.3 is 11.9 Å². The summed E-state index contributed by atoms with van der Waals surface area (Å²) in [5.41, 5.74) is -0.682. The zero-order valence-electron chi connectivity index (χ0n) is 16.9. The van der Waals surface area contributed by atoms with Gasteiger partial charge in [0.2, 0.25) is 0 Å². The zero-order chi connectivity index (χ0) is 19.7. The van der Waals surface area contributed by atoms with E-state index in [4.69, 9.17) is 5.11 Å². The predicted octanol–water partition coefficient (Wildman–Crippen LogP) is 6.38. The van der Waals surface area contributed by atoms with Crippen molar-refractivity contribution in [2.45, 2.75) is 104 Å². The van der Waals surface area contributed by atoms with E-state index in [9.17, 15) is 14.7 Å². The van der Waals surface area contributed by atoms with Crippen molar-refractivity contribution >= 4 is 23.7 Å². The minimum absolute atomic E-state index is 0.102. The van der Waals surface area contributed by atoms with Gasteiger partial charge in [-0.3, -0.25) is 9.59 Å². The van der Waals surface area contributed by atoms with Crippen molar-refractivity contribution in [1.29, 1.82) is 0 Å². The molecule has 2 N–H and O–H groups in total. The molecule has 0 aliphatic rings. The van der Waals surface area contributed by atoms with E-state index in [1.54, 1.807) is 0 Å². The van der Waals surface area contributed by atoms with Gasteiger partial charge in [0, 0.05) is 11.5 Å². The second-order valence-electron chi connectivity index (χ2n) is 7.46. The standard InChI is InChI=1S/C21H40O4S/c1-3-5-6-7-8-9-10-11-12-13-16-21(15-4-2,20(24)25)18-26-17-14-19(22)23/h3-18H2,1-2H3,(H,22,23)(H,24,25). The molecule has 0 heterocycles. The first-order valence-electron chi connectivity index (χ1n) is 10.5. The number of carbonyl (C=O) groups is 2. The van der Waals surface area contributed by atoms with Crippen molar-refractivity contribution in [3.63, 3.8) is 0 Å². The van der Waals surface area contributed by atoms with Crippen LogP contribution in [0.3, 0.4) is 0 Å². The second kappa shape index (κ2) is 16.5. The Morgan fingerprint density at radius 2 is 1.31 bits per heavy atom. The average molecular weight is 389 g/mol. The first-order chi connectivity index (χ1) is 12.5. The van der Waals surface area contributed by atoms with Gasteiger partial charge in [0.05, 0.1) is 11.8 Å². The van der Waals surface area contributed by atoms with E-state index in [1.807, 2.05) is 6.92 Å². The Morgan fingerprint density at radius 1 is 0.769 bits per heavy atom. The van der Waals surface area contributed by atoms with E-state index in [0.717, 1.165) is 19.3 Å². The maximum absolute atomic E-state index is 11.9. The van der Waals surface area contributed by atoms with Gasteiger partial charge in [0.25, 0.3) is 0 Å².